The number of rotatable bonds is 7. The summed E-state index contributed by atoms with van der Waals surface area (Å²) in [6.45, 7) is 7.73. The van der Waals surface area contributed by atoms with Gasteiger partial charge in [0.15, 0.2) is 0 Å². The van der Waals surface area contributed by atoms with Gasteiger partial charge in [0.05, 0.1) is 5.71 Å². The van der Waals surface area contributed by atoms with Crippen LogP contribution < -0.4 is 5.73 Å². The Kier molecular flexibility index (Phi) is 8.07. The van der Waals surface area contributed by atoms with Gasteiger partial charge in [0, 0.05) is 12.7 Å². The second-order valence-electron chi connectivity index (χ2n) is 4.80. The molecule has 0 atom stereocenters. The predicted molar refractivity (Wildman–Crippen MR) is 99.7 cm³/mol. The molecule has 1 aromatic carbocycles. The van der Waals surface area contributed by atoms with Crippen molar-refractivity contribution in [2.75, 3.05) is 7.05 Å². The summed E-state index contributed by atoms with van der Waals surface area (Å²) in [6, 6.07) is 9.94. The third-order valence-corrected chi connectivity index (χ3v) is 3.01. The number of nitrogens with zero attached hydrogens (tertiary/aromatic N) is 4. The first-order valence-corrected chi connectivity index (χ1v) is 7.66. The van der Waals surface area contributed by atoms with Crippen LogP contribution in [0.15, 0.2) is 69.8 Å². The van der Waals surface area contributed by atoms with Crippen LogP contribution in [0.3, 0.4) is 0 Å². The average molecular weight is 311 g/mol. The Morgan fingerprint density at radius 1 is 1.22 bits per heavy atom. The molecule has 0 radical (unpaired) electrons. The van der Waals surface area contributed by atoms with Crippen molar-refractivity contribution in [3.8, 4) is 0 Å². The number of hydrogen-bond donors (Lipinski definition) is 1. The minimum Gasteiger partial charge on any atom is -0.367 e. The predicted octanol–water partition coefficient (Wildman–Crippen LogP) is 3.56. The van der Waals surface area contributed by atoms with Gasteiger partial charge in [-0.3, -0.25) is 5.01 Å². The van der Waals surface area contributed by atoms with Crippen molar-refractivity contribution < 1.29 is 0 Å². The van der Waals surface area contributed by atoms with Gasteiger partial charge in [0.2, 0.25) is 5.96 Å². The molecule has 2 N–H and O–H groups in total. The van der Waals surface area contributed by atoms with Gasteiger partial charge >= 0.3 is 0 Å². The molecule has 0 aliphatic rings. The lowest BCUT2D eigenvalue weighted by Crippen LogP contribution is -2.19. The molecule has 0 bridgehead atoms. The Balaban J connectivity index is 2.86. The minimum absolute atomic E-state index is 0.199. The van der Waals surface area contributed by atoms with E-state index in [-0.39, 0.29) is 5.96 Å². The second kappa shape index (κ2) is 10.1. The van der Waals surface area contributed by atoms with E-state index in [2.05, 4.69) is 21.7 Å². The van der Waals surface area contributed by atoms with E-state index in [1.807, 2.05) is 50.3 Å². The Morgan fingerprint density at radius 2 is 1.91 bits per heavy atom. The molecule has 122 valence electrons. The molecule has 0 aliphatic heterocycles. The SMILES string of the molecule is C=C/C=C(\CC)N=CN(C)/N=C(/N)N=C(CC)c1ccccc1. The van der Waals surface area contributed by atoms with E-state index >= 15 is 0 Å². The molecular formula is C18H25N5. The van der Waals surface area contributed by atoms with Gasteiger partial charge in [-0.15, -0.1) is 5.10 Å². The van der Waals surface area contributed by atoms with Crippen LogP contribution in [-0.4, -0.2) is 30.1 Å². The lowest BCUT2D eigenvalue weighted by molar-refractivity contribution is 0.558. The zero-order valence-electron chi connectivity index (χ0n) is 14.1. The molecule has 0 amide bonds. The highest BCUT2D eigenvalue weighted by Crippen LogP contribution is 2.05. The summed E-state index contributed by atoms with van der Waals surface area (Å²) in [5.41, 5.74) is 8.78. The summed E-state index contributed by atoms with van der Waals surface area (Å²) in [5, 5.41) is 5.74. The van der Waals surface area contributed by atoms with E-state index in [1.54, 1.807) is 24.5 Å². The van der Waals surface area contributed by atoms with Gasteiger partial charge in [0.25, 0.3) is 0 Å². The van der Waals surface area contributed by atoms with Crippen molar-refractivity contribution in [1.82, 2.24) is 5.01 Å². The summed E-state index contributed by atoms with van der Waals surface area (Å²) in [7, 11) is 1.77. The summed E-state index contributed by atoms with van der Waals surface area (Å²) in [6.07, 6.45) is 6.78. The molecule has 0 aliphatic carbocycles. The van der Waals surface area contributed by atoms with Gasteiger partial charge in [-0.05, 0) is 24.5 Å². The van der Waals surface area contributed by atoms with Crippen molar-refractivity contribution >= 4 is 18.0 Å². The number of hydrogen-bond acceptors (Lipinski definition) is 2. The lowest BCUT2D eigenvalue weighted by atomic mass is 10.1. The fourth-order valence-corrected chi connectivity index (χ4v) is 1.87. The van der Waals surface area contributed by atoms with Crippen molar-refractivity contribution in [2.45, 2.75) is 26.7 Å². The molecule has 23 heavy (non-hydrogen) atoms. The molecular weight excluding hydrogens is 286 g/mol. The highest BCUT2D eigenvalue weighted by atomic mass is 15.5. The summed E-state index contributed by atoms with van der Waals surface area (Å²) >= 11 is 0. The highest BCUT2D eigenvalue weighted by Gasteiger charge is 2.01. The molecule has 0 saturated heterocycles. The summed E-state index contributed by atoms with van der Waals surface area (Å²) in [5.74, 6) is 0.199. The Bertz CT molecular complexity index is 612. The van der Waals surface area contributed by atoms with Gasteiger partial charge in [0.1, 0.15) is 6.34 Å². The zero-order valence-corrected chi connectivity index (χ0v) is 14.1. The maximum absolute atomic E-state index is 5.91. The monoisotopic (exact) mass is 311 g/mol. The molecule has 5 nitrogen and oxygen atoms in total. The number of aliphatic imine (C=N–C) groups is 2. The van der Waals surface area contributed by atoms with Crippen molar-refractivity contribution in [1.29, 1.82) is 0 Å². The summed E-state index contributed by atoms with van der Waals surface area (Å²) in [4.78, 5) is 8.72. The number of benzene rings is 1. The van der Waals surface area contributed by atoms with Crippen LogP contribution in [0, 0.1) is 0 Å². The van der Waals surface area contributed by atoms with Crippen molar-refractivity contribution in [3.05, 3.63) is 60.3 Å². The van der Waals surface area contributed by atoms with Gasteiger partial charge in [-0.2, -0.15) is 0 Å². The normalized spacial score (nSPS) is 13.4. The van der Waals surface area contributed by atoms with Crippen LogP contribution in [-0.2, 0) is 0 Å². The largest absolute Gasteiger partial charge is 0.367 e. The molecule has 5 heteroatoms. The topological polar surface area (TPSA) is 66.3 Å². The van der Waals surface area contributed by atoms with Gasteiger partial charge < -0.3 is 5.73 Å². The molecule has 0 aromatic heterocycles. The van der Waals surface area contributed by atoms with Crippen LogP contribution in [0.2, 0.25) is 0 Å². The third kappa shape index (κ3) is 6.74. The maximum Gasteiger partial charge on any atom is 0.238 e. The second-order valence-corrected chi connectivity index (χ2v) is 4.80. The average Bonchev–Trinajstić information content (AvgIpc) is 2.57. The maximum atomic E-state index is 5.91. The first-order chi connectivity index (χ1) is 11.1. The van der Waals surface area contributed by atoms with Crippen LogP contribution in [0.5, 0.6) is 0 Å². The van der Waals surface area contributed by atoms with E-state index in [9.17, 15) is 0 Å². The van der Waals surface area contributed by atoms with Crippen LogP contribution in [0.1, 0.15) is 32.3 Å². The molecule has 1 aromatic rings. The number of hydrazone groups is 1. The van der Waals surface area contributed by atoms with Crippen LogP contribution in [0.4, 0.5) is 0 Å². The first kappa shape index (κ1) is 18.4. The smallest absolute Gasteiger partial charge is 0.238 e. The molecule has 0 heterocycles. The molecule has 0 unspecified atom stereocenters. The minimum atomic E-state index is 0.199. The Morgan fingerprint density at radius 3 is 2.48 bits per heavy atom. The van der Waals surface area contributed by atoms with Crippen LogP contribution in [0.25, 0.3) is 0 Å². The highest BCUT2D eigenvalue weighted by molar-refractivity contribution is 6.06. The quantitative estimate of drug-likeness (QED) is 0.362. The van der Waals surface area contributed by atoms with Crippen molar-refractivity contribution in [3.63, 3.8) is 0 Å². The van der Waals surface area contributed by atoms with Crippen LogP contribution >= 0.6 is 0 Å². The fraction of sp³-hybridized carbons (Fsp3) is 0.278. The number of allylic oxidation sites excluding steroid dienone is 3. The molecule has 1 rings (SSSR count). The van der Waals surface area contributed by atoms with Crippen molar-refractivity contribution in [2.24, 2.45) is 20.8 Å². The Labute approximate surface area is 138 Å². The number of guanidine groups is 1. The molecule has 0 fully saturated rings. The van der Waals surface area contributed by atoms with E-state index in [4.69, 9.17) is 5.73 Å². The van der Waals surface area contributed by atoms with Gasteiger partial charge in [-0.1, -0.05) is 56.8 Å². The zero-order chi connectivity index (χ0) is 17.1. The molecule has 0 saturated carbocycles. The summed E-state index contributed by atoms with van der Waals surface area (Å²) < 4.78 is 0. The number of nitrogens with two attached hydrogens (primary N) is 1. The third-order valence-electron chi connectivity index (χ3n) is 3.01. The van der Waals surface area contributed by atoms with E-state index in [1.165, 1.54) is 0 Å². The molecule has 0 spiro atoms. The van der Waals surface area contributed by atoms with E-state index in [0.29, 0.717) is 0 Å². The Hall–Kier alpha value is -2.69. The fourth-order valence-electron chi connectivity index (χ4n) is 1.87. The first-order valence-electron chi connectivity index (χ1n) is 7.66. The van der Waals surface area contributed by atoms with E-state index < -0.39 is 0 Å². The standard InChI is InChI=1S/C18H25N5/c1-5-11-16(6-2)20-14-23(4)22-18(19)21-17(7-3)15-12-9-8-10-13-15/h5,8-14H,1,6-7H2,2-4H3,(H2,19,22)/b16-11+,20-14?,21-17?. The van der Waals surface area contributed by atoms with E-state index in [0.717, 1.165) is 29.8 Å². The van der Waals surface area contributed by atoms with Gasteiger partial charge in [-0.25, -0.2) is 9.98 Å². The lowest BCUT2D eigenvalue weighted by Gasteiger charge is -2.08.